The molecule has 0 aliphatic rings. The molecule has 0 aromatic heterocycles. The van der Waals surface area contributed by atoms with E-state index in [1.165, 1.54) is 0 Å². The molecule has 120 valence electrons. The number of sulfonamides is 1. The van der Waals surface area contributed by atoms with Gasteiger partial charge < -0.3 is 10.5 Å². The maximum Gasteiger partial charge on any atom is 0.215 e. The van der Waals surface area contributed by atoms with Crippen LogP contribution in [0.5, 0.6) is 5.75 Å². The quantitative estimate of drug-likeness (QED) is 0.506. The average molecular weight is 332 g/mol. The fourth-order valence-corrected chi connectivity index (χ4v) is 3.66. The lowest BCUT2D eigenvalue weighted by Crippen LogP contribution is -2.36. The molecule has 0 saturated carbocycles. The third-order valence-electron chi connectivity index (χ3n) is 2.81. The van der Waals surface area contributed by atoms with E-state index in [9.17, 15) is 8.42 Å². The summed E-state index contributed by atoms with van der Waals surface area (Å²) in [4.78, 5) is 0. The maximum atomic E-state index is 11.9. The molecule has 0 heterocycles. The minimum atomic E-state index is -3.33. The number of thioether (sulfide) groups is 1. The number of ether oxygens (including phenoxy) is 1. The second kappa shape index (κ2) is 9.17. The van der Waals surface area contributed by atoms with Crippen LogP contribution in [0.2, 0.25) is 0 Å². The van der Waals surface area contributed by atoms with Gasteiger partial charge in [0.2, 0.25) is 10.0 Å². The number of rotatable bonds is 10. The minimum absolute atomic E-state index is 0.0594. The number of nitrogens with two attached hydrogens (primary N) is 1. The van der Waals surface area contributed by atoms with Gasteiger partial charge in [0, 0.05) is 6.04 Å². The largest absolute Gasteiger partial charge is 0.490 e. The molecule has 1 unspecified atom stereocenters. The van der Waals surface area contributed by atoms with Crippen LogP contribution in [0.4, 0.5) is 5.69 Å². The SMILES string of the molecule is CCSCCC(C)NS(=O)(=O)CCOc1ccccc1N. The minimum Gasteiger partial charge on any atom is -0.490 e. The standard InChI is InChI=1S/C14H24N2O3S2/c1-3-20-10-8-12(2)16-21(17,18)11-9-19-14-7-5-4-6-13(14)15/h4-7,12,16H,3,8-11,15H2,1-2H3. The van der Waals surface area contributed by atoms with Crippen molar-refractivity contribution in [3.05, 3.63) is 24.3 Å². The Morgan fingerprint density at radius 2 is 2.10 bits per heavy atom. The Morgan fingerprint density at radius 3 is 2.76 bits per heavy atom. The van der Waals surface area contributed by atoms with Gasteiger partial charge in [0.05, 0.1) is 11.4 Å². The highest BCUT2D eigenvalue weighted by Gasteiger charge is 2.14. The molecule has 0 saturated heterocycles. The van der Waals surface area contributed by atoms with Crippen LogP contribution in [0.25, 0.3) is 0 Å². The van der Waals surface area contributed by atoms with E-state index in [-0.39, 0.29) is 18.4 Å². The molecule has 7 heteroatoms. The first-order chi connectivity index (χ1) is 9.94. The molecule has 1 rings (SSSR count). The Bertz CT molecular complexity index is 521. The molecule has 0 aliphatic heterocycles. The van der Waals surface area contributed by atoms with E-state index in [0.29, 0.717) is 11.4 Å². The highest BCUT2D eigenvalue weighted by Crippen LogP contribution is 2.19. The summed E-state index contributed by atoms with van der Waals surface area (Å²) >= 11 is 1.81. The number of benzene rings is 1. The maximum absolute atomic E-state index is 11.9. The van der Waals surface area contributed by atoms with Crippen LogP contribution >= 0.6 is 11.8 Å². The number of hydrogen-bond acceptors (Lipinski definition) is 5. The molecular weight excluding hydrogens is 308 g/mol. The smallest absolute Gasteiger partial charge is 0.215 e. The van der Waals surface area contributed by atoms with Gasteiger partial charge in [-0.15, -0.1) is 0 Å². The Kier molecular flexibility index (Phi) is 7.92. The fraction of sp³-hybridized carbons (Fsp3) is 0.571. The van der Waals surface area contributed by atoms with E-state index in [1.54, 1.807) is 36.0 Å². The molecule has 5 nitrogen and oxygen atoms in total. The van der Waals surface area contributed by atoms with Gasteiger partial charge in [-0.3, -0.25) is 0 Å². The van der Waals surface area contributed by atoms with Crippen LogP contribution in [0, 0.1) is 0 Å². The molecular formula is C14H24N2O3S2. The first-order valence-corrected chi connectivity index (χ1v) is 9.80. The molecule has 21 heavy (non-hydrogen) atoms. The van der Waals surface area contributed by atoms with E-state index in [2.05, 4.69) is 11.6 Å². The fourth-order valence-electron chi connectivity index (χ4n) is 1.70. The van der Waals surface area contributed by atoms with Crippen molar-refractivity contribution in [2.75, 3.05) is 29.6 Å². The summed E-state index contributed by atoms with van der Waals surface area (Å²) < 4.78 is 31.9. The number of nitrogens with one attached hydrogen (secondary N) is 1. The van der Waals surface area contributed by atoms with Crippen LogP contribution in [0.1, 0.15) is 20.3 Å². The molecule has 0 fully saturated rings. The van der Waals surface area contributed by atoms with Crippen LogP contribution in [-0.4, -0.2) is 38.3 Å². The van der Waals surface area contributed by atoms with Gasteiger partial charge in [0.15, 0.2) is 0 Å². The highest BCUT2D eigenvalue weighted by molar-refractivity contribution is 7.99. The van der Waals surface area contributed by atoms with Crippen molar-refractivity contribution in [2.24, 2.45) is 0 Å². The summed E-state index contributed by atoms with van der Waals surface area (Å²) in [7, 11) is -3.33. The van der Waals surface area contributed by atoms with Crippen molar-refractivity contribution in [3.8, 4) is 5.75 Å². The zero-order valence-corrected chi connectivity index (χ0v) is 14.2. The van der Waals surface area contributed by atoms with Crippen molar-refractivity contribution >= 4 is 27.5 Å². The Balaban J connectivity index is 2.34. The molecule has 1 aromatic rings. The van der Waals surface area contributed by atoms with Crippen molar-refractivity contribution < 1.29 is 13.2 Å². The van der Waals surface area contributed by atoms with E-state index in [0.717, 1.165) is 17.9 Å². The van der Waals surface area contributed by atoms with Gasteiger partial charge in [-0.2, -0.15) is 11.8 Å². The summed E-state index contributed by atoms with van der Waals surface area (Å²) in [6, 6.07) is 6.98. The lowest BCUT2D eigenvalue weighted by atomic mass is 10.3. The zero-order chi connectivity index (χ0) is 15.7. The molecule has 0 aliphatic carbocycles. The Labute approximate surface area is 131 Å². The summed E-state index contributed by atoms with van der Waals surface area (Å²) in [5, 5.41) is 0. The van der Waals surface area contributed by atoms with Crippen molar-refractivity contribution in [2.45, 2.75) is 26.3 Å². The van der Waals surface area contributed by atoms with Gasteiger partial charge in [0.1, 0.15) is 12.4 Å². The lowest BCUT2D eigenvalue weighted by Gasteiger charge is -2.14. The van der Waals surface area contributed by atoms with E-state index in [1.807, 2.05) is 6.92 Å². The van der Waals surface area contributed by atoms with Crippen LogP contribution in [-0.2, 0) is 10.0 Å². The topological polar surface area (TPSA) is 81.4 Å². The van der Waals surface area contributed by atoms with E-state index in [4.69, 9.17) is 10.5 Å². The van der Waals surface area contributed by atoms with Gasteiger partial charge in [-0.25, -0.2) is 13.1 Å². The van der Waals surface area contributed by atoms with E-state index >= 15 is 0 Å². The van der Waals surface area contributed by atoms with Crippen LogP contribution in [0.15, 0.2) is 24.3 Å². The zero-order valence-electron chi connectivity index (χ0n) is 12.5. The third-order valence-corrected chi connectivity index (χ3v) is 5.21. The Hall–Kier alpha value is -0.920. The summed E-state index contributed by atoms with van der Waals surface area (Å²) in [5.74, 6) is 2.44. The van der Waals surface area contributed by atoms with Gasteiger partial charge in [-0.05, 0) is 37.0 Å². The summed E-state index contributed by atoms with van der Waals surface area (Å²) in [6.45, 7) is 4.05. The second-order valence-corrected chi connectivity index (χ2v) is 7.98. The third kappa shape index (κ3) is 7.59. The molecule has 0 amide bonds. The molecule has 0 radical (unpaired) electrons. The Morgan fingerprint density at radius 1 is 1.38 bits per heavy atom. The number of para-hydroxylation sites is 2. The van der Waals surface area contributed by atoms with Crippen molar-refractivity contribution in [1.29, 1.82) is 0 Å². The van der Waals surface area contributed by atoms with E-state index < -0.39 is 10.0 Å². The predicted octanol–water partition coefficient (Wildman–Crippen LogP) is 2.10. The first-order valence-electron chi connectivity index (χ1n) is 6.99. The lowest BCUT2D eigenvalue weighted by molar-refractivity contribution is 0.342. The molecule has 1 atom stereocenters. The molecule has 0 bridgehead atoms. The number of hydrogen-bond donors (Lipinski definition) is 2. The average Bonchev–Trinajstić information content (AvgIpc) is 2.40. The second-order valence-electron chi connectivity index (χ2n) is 4.71. The molecule has 0 spiro atoms. The normalized spacial score (nSPS) is 13.0. The van der Waals surface area contributed by atoms with Gasteiger partial charge >= 0.3 is 0 Å². The van der Waals surface area contributed by atoms with Crippen molar-refractivity contribution in [3.63, 3.8) is 0 Å². The van der Waals surface area contributed by atoms with Crippen molar-refractivity contribution in [1.82, 2.24) is 4.72 Å². The molecule has 3 N–H and O–H groups in total. The number of nitrogen functional groups attached to an aromatic ring is 1. The molecule has 1 aromatic carbocycles. The summed E-state index contributed by atoms with van der Waals surface area (Å²) in [6.07, 6.45) is 0.824. The van der Waals surface area contributed by atoms with Gasteiger partial charge in [0.25, 0.3) is 0 Å². The monoisotopic (exact) mass is 332 g/mol. The van der Waals surface area contributed by atoms with Gasteiger partial charge in [-0.1, -0.05) is 19.1 Å². The van der Waals surface area contributed by atoms with Crippen LogP contribution < -0.4 is 15.2 Å². The number of anilines is 1. The predicted molar refractivity (Wildman–Crippen MR) is 90.3 cm³/mol. The summed E-state index contributed by atoms with van der Waals surface area (Å²) in [5.41, 5.74) is 6.23. The van der Waals surface area contributed by atoms with Crippen LogP contribution in [0.3, 0.4) is 0 Å². The first kappa shape index (κ1) is 18.1. The highest BCUT2D eigenvalue weighted by atomic mass is 32.2.